The standard InChI is InChI=1S/C15H17NO/c1-12-6-5-7-13(10-12)15(16)11-17-14-8-3-2-4-9-14/h2-10,15H,11,16H2,1H3. The van der Waals surface area contributed by atoms with Gasteiger partial charge in [-0.05, 0) is 24.6 Å². The van der Waals surface area contributed by atoms with Crippen LogP contribution in [0.15, 0.2) is 54.6 Å². The van der Waals surface area contributed by atoms with Crippen LogP contribution in [0.4, 0.5) is 0 Å². The van der Waals surface area contributed by atoms with E-state index in [-0.39, 0.29) is 6.04 Å². The predicted octanol–water partition coefficient (Wildman–Crippen LogP) is 3.07. The monoisotopic (exact) mass is 227 g/mol. The van der Waals surface area contributed by atoms with Gasteiger partial charge in [-0.1, -0.05) is 48.0 Å². The molecule has 17 heavy (non-hydrogen) atoms. The van der Waals surface area contributed by atoms with Crippen molar-refractivity contribution in [3.05, 3.63) is 65.7 Å². The van der Waals surface area contributed by atoms with Crippen LogP contribution in [0.5, 0.6) is 5.75 Å². The first kappa shape index (κ1) is 11.7. The van der Waals surface area contributed by atoms with E-state index in [1.54, 1.807) is 0 Å². The average molecular weight is 227 g/mol. The van der Waals surface area contributed by atoms with Crippen LogP contribution >= 0.6 is 0 Å². The molecule has 2 rings (SSSR count). The van der Waals surface area contributed by atoms with Crippen molar-refractivity contribution in [3.63, 3.8) is 0 Å². The average Bonchev–Trinajstić information content (AvgIpc) is 2.37. The Morgan fingerprint density at radius 3 is 2.53 bits per heavy atom. The Morgan fingerprint density at radius 2 is 1.82 bits per heavy atom. The molecule has 88 valence electrons. The van der Waals surface area contributed by atoms with Crippen molar-refractivity contribution < 1.29 is 4.74 Å². The maximum atomic E-state index is 6.09. The van der Waals surface area contributed by atoms with Gasteiger partial charge in [-0.2, -0.15) is 0 Å². The summed E-state index contributed by atoms with van der Waals surface area (Å²) in [5, 5.41) is 0. The molecule has 0 heterocycles. The fourth-order valence-corrected chi connectivity index (χ4v) is 1.70. The van der Waals surface area contributed by atoms with Crippen molar-refractivity contribution in [2.75, 3.05) is 6.61 Å². The van der Waals surface area contributed by atoms with E-state index in [2.05, 4.69) is 19.1 Å². The minimum absolute atomic E-state index is 0.0879. The second kappa shape index (κ2) is 5.51. The van der Waals surface area contributed by atoms with Crippen LogP contribution in [0.1, 0.15) is 17.2 Å². The zero-order chi connectivity index (χ0) is 12.1. The Bertz CT molecular complexity index is 467. The minimum Gasteiger partial charge on any atom is -0.492 e. The molecule has 2 heteroatoms. The van der Waals surface area contributed by atoms with Crippen LogP contribution in [0.2, 0.25) is 0 Å². The van der Waals surface area contributed by atoms with Crippen LogP contribution in [-0.2, 0) is 0 Å². The zero-order valence-electron chi connectivity index (χ0n) is 9.97. The minimum atomic E-state index is -0.0879. The molecule has 1 unspecified atom stereocenters. The van der Waals surface area contributed by atoms with E-state index >= 15 is 0 Å². The maximum Gasteiger partial charge on any atom is 0.119 e. The van der Waals surface area contributed by atoms with E-state index in [1.165, 1.54) is 5.56 Å². The molecule has 0 aliphatic heterocycles. The van der Waals surface area contributed by atoms with Crippen molar-refractivity contribution in [2.45, 2.75) is 13.0 Å². The number of aryl methyl sites for hydroxylation is 1. The fraction of sp³-hybridized carbons (Fsp3) is 0.200. The Labute approximate surface area is 102 Å². The van der Waals surface area contributed by atoms with Gasteiger partial charge in [0.15, 0.2) is 0 Å². The topological polar surface area (TPSA) is 35.2 Å². The van der Waals surface area contributed by atoms with E-state index in [0.717, 1.165) is 11.3 Å². The summed E-state index contributed by atoms with van der Waals surface area (Å²) in [7, 11) is 0. The first-order valence-electron chi connectivity index (χ1n) is 5.76. The lowest BCUT2D eigenvalue weighted by Crippen LogP contribution is -2.19. The van der Waals surface area contributed by atoms with Gasteiger partial charge in [0.25, 0.3) is 0 Å². The number of hydrogen-bond acceptors (Lipinski definition) is 2. The van der Waals surface area contributed by atoms with Gasteiger partial charge < -0.3 is 10.5 Å². The lowest BCUT2D eigenvalue weighted by molar-refractivity contribution is 0.290. The van der Waals surface area contributed by atoms with Crippen LogP contribution < -0.4 is 10.5 Å². The van der Waals surface area contributed by atoms with Gasteiger partial charge in [0, 0.05) is 0 Å². The number of para-hydroxylation sites is 1. The lowest BCUT2D eigenvalue weighted by atomic mass is 10.1. The Hall–Kier alpha value is -1.80. The van der Waals surface area contributed by atoms with Crippen LogP contribution in [0.25, 0.3) is 0 Å². The van der Waals surface area contributed by atoms with Crippen molar-refractivity contribution in [3.8, 4) is 5.75 Å². The van der Waals surface area contributed by atoms with Crippen molar-refractivity contribution in [1.29, 1.82) is 0 Å². The summed E-state index contributed by atoms with van der Waals surface area (Å²) in [6.45, 7) is 2.56. The molecule has 0 aliphatic carbocycles. The smallest absolute Gasteiger partial charge is 0.119 e. The van der Waals surface area contributed by atoms with Gasteiger partial charge in [0.05, 0.1) is 6.04 Å². The second-order valence-electron chi connectivity index (χ2n) is 4.14. The predicted molar refractivity (Wildman–Crippen MR) is 70.0 cm³/mol. The first-order valence-corrected chi connectivity index (χ1v) is 5.76. The SMILES string of the molecule is Cc1cccc(C(N)COc2ccccc2)c1. The first-order chi connectivity index (χ1) is 8.25. The number of benzene rings is 2. The summed E-state index contributed by atoms with van der Waals surface area (Å²) in [5.41, 5.74) is 8.42. The molecule has 0 fully saturated rings. The van der Waals surface area contributed by atoms with E-state index in [0.29, 0.717) is 6.61 Å². The lowest BCUT2D eigenvalue weighted by Gasteiger charge is -2.14. The molecule has 0 aliphatic rings. The van der Waals surface area contributed by atoms with Crippen molar-refractivity contribution >= 4 is 0 Å². The number of hydrogen-bond donors (Lipinski definition) is 1. The van der Waals surface area contributed by atoms with Gasteiger partial charge in [-0.25, -0.2) is 0 Å². The Morgan fingerprint density at radius 1 is 1.06 bits per heavy atom. The molecule has 0 saturated carbocycles. The number of nitrogens with two attached hydrogens (primary N) is 1. The van der Waals surface area contributed by atoms with Gasteiger partial charge in [0.2, 0.25) is 0 Å². The summed E-state index contributed by atoms with van der Waals surface area (Å²) < 4.78 is 5.64. The van der Waals surface area contributed by atoms with Crippen LogP contribution in [-0.4, -0.2) is 6.61 Å². The molecule has 2 nitrogen and oxygen atoms in total. The van der Waals surface area contributed by atoms with Gasteiger partial charge in [-0.3, -0.25) is 0 Å². The molecule has 0 bridgehead atoms. The zero-order valence-corrected chi connectivity index (χ0v) is 9.97. The van der Waals surface area contributed by atoms with E-state index in [1.807, 2.05) is 42.5 Å². The highest BCUT2D eigenvalue weighted by atomic mass is 16.5. The summed E-state index contributed by atoms with van der Waals surface area (Å²) >= 11 is 0. The molecule has 0 aromatic heterocycles. The Kier molecular flexibility index (Phi) is 3.78. The largest absolute Gasteiger partial charge is 0.492 e. The Balaban J connectivity index is 1.96. The molecule has 2 N–H and O–H groups in total. The van der Waals surface area contributed by atoms with Crippen molar-refractivity contribution in [1.82, 2.24) is 0 Å². The van der Waals surface area contributed by atoms with Crippen LogP contribution in [0, 0.1) is 6.92 Å². The van der Waals surface area contributed by atoms with E-state index < -0.39 is 0 Å². The maximum absolute atomic E-state index is 6.09. The molecule has 0 saturated heterocycles. The van der Waals surface area contributed by atoms with Gasteiger partial charge in [0.1, 0.15) is 12.4 Å². The van der Waals surface area contributed by atoms with E-state index in [9.17, 15) is 0 Å². The summed E-state index contributed by atoms with van der Waals surface area (Å²) in [6.07, 6.45) is 0. The molecule has 2 aromatic carbocycles. The number of ether oxygens (including phenoxy) is 1. The molecule has 0 amide bonds. The molecule has 0 spiro atoms. The normalized spacial score (nSPS) is 12.1. The third-order valence-corrected chi connectivity index (χ3v) is 2.64. The fourth-order valence-electron chi connectivity index (χ4n) is 1.70. The summed E-state index contributed by atoms with van der Waals surface area (Å²) in [5.74, 6) is 0.857. The third-order valence-electron chi connectivity index (χ3n) is 2.64. The van der Waals surface area contributed by atoms with Crippen molar-refractivity contribution in [2.24, 2.45) is 5.73 Å². The highest BCUT2D eigenvalue weighted by molar-refractivity contribution is 5.25. The number of rotatable bonds is 4. The quantitative estimate of drug-likeness (QED) is 0.871. The molecule has 2 aromatic rings. The van der Waals surface area contributed by atoms with E-state index in [4.69, 9.17) is 10.5 Å². The highest BCUT2D eigenvalue weighted by Gasteiger charge is 2.06. The molecule has 0 radical (unpaired) electrons. The van der Waals surface area contributed by atoms with Gasteiger partial charge >= 0.3 is 0 Å². The second-order valence-corrected chi connectivity index (χ2v) is 4.14. The summed E-state index contributed by atoms with van der Waals surface area (Å²) in [6, 6.07) is 17.9. The van der Waals surface area contributed by atoms with Crippen LogP contribution in [0.3, 0.4) is 0 Å². The third kappa shape index (κ3) is 3.33. The summed E-state index contributed by atoms with van der Waals surface area (Å²) in [4.78, 5) is 0. The highest BCUT2D eigenvalue weighted by Crippen LogP contribution is 2.15. The molecular weight excluding hydrogens is 210 g/mol. The molecule has 1 atom stereocenters. The van der Waals surface area contributed by atoms with Gasteiger partial charge in [-0.15, -0.1) is 0 Å². The molecular formula is C15H17NO.